The molecule has 0 spiro atoms. The zero-order valence-corrected chi connectivity index (χ0v) is 12.4. The molecular formula is C16H21NO4. The lowest BCUT2D eigenvalue weighted by molar-refractivity contribution is 0.0533. The number of fused-ring (bicyclic) bond motifs is 1. The van der Waals surface area contributed by atoms with E-state index in [9.17, 15) is 4.79 Å². The summed E-state index contributed by atoms with van der Waals surface area (Å²) in [6, 6.07) is 3.84. The number of hydrogen-bond donors (Lipinski definition) is 0. The first-order valence-electron chi connectivity index (χ1n) is 7.51. The van der Waals surface area contributed by atoms with E-state index in [0.29, 0.717) is 25.4 Å². The van der Waals surface area contributed by atoms with Crippen molar-refractivity contribution in [2.45, 2.75) is 25.9 Å². The summed E-state index contributed by atoms with van der Waals surface area (Å²) in [5, 5.41) is 0. The van der Waals surface area contributed by atoms with Gasteiger partial charge in [-0.2, -0.15) is 0 Å². The van der Waals surface area contributed by atoms with E-state index in [1.54, 1.807) is 7.11 Å². The summed E-state index contributed by atoms with van der Waals surface area (Å²) in [5.41, 5.74) is 2.57. The molecule has 3 rings (SSSR count). The van der Waals surface area contributed by atoms with Gasteiger partial charge in [-0.3, -0.25) is 0 Å². The molecule has 0 radical (unpaired) electrons. The van der Waals surface area contributed by atoms with Crippen LogP contribution in [0.2, 0.25) is 0 Å². The number of cyclic esters (lactones) is 1. The van der Waals surface area contributed by atoms with Crippen molar-refractivity contribution >= 4 is 11.7 Å². The van der Waals surface area contributed by atoms with Crippen molar-refractivity contribution in [1.82, 2.24) is 0 Å². The highest BCUT2D eigenvalue weighted by molar-refractivity contribution is 5.95. The minimum atomic E-state index is -0.258. The van der Waals surface area contributed by atoms with Crippen molar-refractivity contribution in [2.75, 3.05) is 38.3 Å². The van der Waals surface area contributed by atoms with Crippen molar-refractivity contribution in [3.8, 4) is 5.75 Å². The van der Waals surface area contributed by atoms with Crippen molar-refractivity contribution in [3.05, 3.63) is 23.3 Å². The molecule has 1 fully saturated rings. The van der Waals surface area contributed by atoms with Gasteiger partial charge in [-0.25, -0.2) is 4.79 Å². The van der Waals surface area contributed by atoms with E-state index in [0.717, 1.165) is 30.1 Å². The average Bonchev–Trinajstić information content (AvgIpc) is 2.90. The van der Waals surface area contributed by atoms with Crippen LogP contribution in [0.4, 0.5) is 5.69 Å². The second kappa shape index (κ2) is 6.35. The summed E-state index contributed by atoms with van der Waals surface area (Å²) in [7, 11) is 1.65. The predicted molar refractivity (Wildman–Crippen MR) is 79.0 cm³/mol. The molecule has 2 heterocycles. The first-order chi connectivity index (χ1) is 10.3. The molecule has 21 heavy (non-hydrogen) atoms. The van der Waals surface area contributed by atoms with Gasteiger partial charge in [-0.1, -0.05) is 0 Å². The zero-order chi connectivity index (χ0) is 14.7. The normalized spacial score (nSPS) is 17.6. The van der Waals surface area contributed by atoms with Gasteiger partial charge in [0.1, 0.15) is 19.0 Å². The van der Waals surface area contributed by atoms with E-state index in [2.05, 4.69) is 4.90 Å². The van der Waals surface area contributed by atoms with E-state index in [4.69, 9.17) is 14.2 Å². The van der Waals surface area contributed by atoms with Crippen LogP contribution >= 0.6 is 0 Å². The first kappa shape index (κ1) is 14.2. The Bertz CT molecular complexity index is 523. The fraction of sp³-hybridized carbons (Fsp3) is 0.562. The lowest BCUT2D eigenvalue weighted by atomic mass is 10.0. The second-order valence-corrected chi connectivity index (χ2v) is 5.41. The molecule has 1 saturated heterocycles. The van der Waals surface area contributed by atoms with Crippen LogP contribution in [0.1, 0.15) is 35.2 Å². The Morgan fingerprint density at radius 2 is 2.00 bits per heavy atom. The molecule has 0 aromatic heterocycles. The van der Waals surface area contributed by atoms with Gasteiger partial charge in [0.15, 0.2) is 0 Å². The van der Waals surface area contributed by atoms with Crippen LogP contribution in [0, 0.1) is 0 Å². The maximum Gasteiger partial charge on any atom is 0.339 e. The smallest absolute Gasteiger partial charge is 0.339 e. The van der Waals surface area contributed by atoms with Gasteiger partial charge in [-0.15, -0.1) is 0 Å². The van der Waals surface area contributed by atoms with Crippen molar-refractivity contribution in [3.63, 3.8) is 0 Å². The van der Waals surface area contributed by atoms with Gasteiger partial charge in [0.05, 0.1) is 17.9 Å². The third-order valence-corrected chi connectivity index (χ3v) is 4.04. The number of piperidine rings is 1. The molecule has 1 aromatic rings. The monoisotopic (exact) mass is 291 g/mol. The van der Waals surface area contributed by atoms with Crippen LogP contribution in [0.15, 0.2) is 12.1 Å². The fourth-order valence-corrected chi connectivity index (χ4v) is 2.94. The number of rotatable bonds is 5. The van der Waals surface area contributed by atoms with Gasteiger partial charge < -0.3 is 19.1 Å². The van der Waals surface area contributed by atoms with Crippen molar-refractivity contribution in [2.24, 2.45) is 0 Å². The molecule has 5 nitrogen and oxygen atoms in total. The first-order valence-corrected chi connectivity index (χ1v) is 7.51. The highest BCUT2D eigenvalue weighted by Crippen LogP contribution is 2.39. The van der Waals surface area contributed by atoms with Gasteiger partial charge >= 0.3 is 5.97 Å². The van der Waals surface area contributed by atoms with E-state index in [1.807, 2.05) is 12.1 Å². The van der Waals surface area contributed by atoms with Gasteiger partial charge in [0.2, 0.25) is 0 Å². The summed E-state index contributed by atoms with van der Waals surface area (Å²) < 4.78 is 16.1. The Balaban J connectivity index is 1.92. The molecule has 0 unspecified atom stereocenters. The average molecular weight is 291 g/mol. The Hall–Kier alpha value is -1.75. The number of carbonyl (C=O) groups is 1. The Morgan fingerprint density at radius 1 is 1.19 bits per heavy atom. The van der Waals surface area contributed by atoms with Crippen LogP contribution < -0.4 is 9.64 Å². The third kappa shape index (κ3) is 2.83. The summed E-state index contributed by atoms with van der Waals surface area (Å²) in [6.07, 6.45) is 3.68. The molecule has 0 bridgehead atoms. The van der Waals surface area contributed by atoms with Crippen molar-refractivity contribution in [1.29, 1.82) is 0 Å². The van der Waals surface area contributed by atoms with Gasteiger partial charge in [-0.05, 0) is 31.4 Å². The van der Waals surface area contributed by atoms with E-state index in [-0.39, 0.29) is 5.97 Å². The molecule has 0 N–H and O–H groups in total. The fourth-order valence-electron chi connectivity index (χ4n) is 2.94. The molecule has 0 atom stereocenters. The molecule has 0 amide bonds. The number of hydrogen-bond acceptors (Lipinski definition) is 5. The van der Waals surface area contributed by atoms with Crippen LogP contribution in [0.5, 0.6) is 5.75 Å². The molecule has 1 aromatic carbocycles. The highest BCUT2D eigenvalue weighted by atomic mass is 16.5. The maximum atomic E-state index is 11.7. The minimum Gasteiger partial charge on any atom is -0.489 e. The molecule has 5 heteroatoms. The summed E-state index contributed by atoms with van der Waals surface area (Å²) in [6.45, 7) is 3.38. The lowest BCUT2D eigenvalue weighted by Crippen LogP contribution is -2.30. The van der Waals surface area contributed by atoms with Crippen LogP contribution in [0.3, 0.4) is 0 Å². The van der Waals surface area contributed by atoms with Crippen LogP contribution in [-0.4, -0.2) is 39.4 Å². The summed E-state index contributed by atoms with van der Waals surface area (Å²) in [5.74, 6) is 0.532. The Labute approximate surface area is 124 Å². The molecule has 0 aliphatic carbocycles. The quantitative estimate of drug-likeness (QED) is 0.616. The molecule has 114 valence electrons. The minimum absolute atomic E-state index is 0.258. The number of benzene rings is 1. The third-order valence-electron chi connectivity index (χ3n) is 4.04. The number of carbonyl (C=O) groups excluding carboxylic acids is 1. The number of methoxy groups -OCH3 is 1. The molecule has 0 saturated carbocycles. The predicted octanol–water partition coefficient (Wildman–Crippen LogP) is 2.37. The number of esters is 1. The SMILES string of the molecule is COCCOc1c(N2CCCCC2)ccc2c1COC2=O. The molecule has 2 aliphatic rings. The van der Waals surface area contributed by atoms with Crippen LogP contribution in [0.25, 0.3) is 0 Å². The number of ether oxygens (including phenoxy) is 3. The maximum absolute atomic E-state index is 11.7. The van der Waals surface area contributed by atoms with Gasteiger partial charge in [0, 0.05) is 25.8 Å². The second-order valence-electron chi connectivity index (χ2n) is 5.41. The van der Waals surface area contributed by atoms with Gasteiger partial charge in [0.25, 0.3) is 0 Å². The van der Waals surface area contributed by atoms with Crippen LogP contribution in [-0.2, 0) is 16.1 Å². The van der Waals surface area contributed by atoms with E-state index >= 15 is 0 Å². The summed E-state index contributed by atoms with van der Waals surface area (Å²) >= 11 is 0. The Morgan fingerprint density at radius 3 is 2.76 bits per heavy atom. The number of anilines is 1. The summed E-state index contributed by atoms with van der Waals surface area (Å²) in [4.78, 5) is 14.1. The number of nitrogens with zero attached hydrogens (tertiary/aromatic N) is 1. The Kier molecular flexibility index (Phi) is 4.29. The zero-order valence-electron chi connectivity index (χ0n) is 12.4. The van der Waals surface area contributed by atoms with E-state index in [1.165, 1.54) is 19.3 Å². The highest BCUT2D eigenvalue weighted by Gasteiger charge is 2.28. The standard InChI is InChI=1S/C16H21NO4/c1-19-9-10-20-15-13-11-21-16(18)12(13)5-6-14(15)17-7-3-2-4-8-17/h5-6H,2-4,7-11H2,1H3. The lowest BCUT2D eigenvalue weighted by Gasteiger charge is -2.31. The largest absolute Gasteiger partial charge is 0.489 e. The molecular weight excluding hydrogens is 270 g/mol. The molecule has 2 aliphatic heterocycles. The topological polar surface area (TPSA) is 48.0 Å². The van der Waals surface area contributed by atoms with Crippen molar-refractivity contribution < 1.29 is 19.0 Å². The van der Waals surface area contributed by atoms with E-state index < -0.39 is 0 Å².